The number of hydrogen-bond donors (Lipinski definition) is 3. The lowest BCUT2D eigenvalue weighted by molar-refractivity contribution is 0.401. The summed E-state index contributed by atoms with van der Waals surface area (Å²) in [6, 6.07) is 3.09. The van der Waals surface area contributed by atoms with Crippen LogP contribution in [0.1, 0.15) is 5.56 Å². The van der Waals surface area contributed by atoms with Crippen LogP contribution in [-0.2, 0) is 6.54 Å². The number of benzene rings is 1. The molecule has 3 nitrogen and oxygen atoms in total. The summed E-state index contributed by atoms with van der Waals surface area (Å²) in [5.74, 6) is -0.304. The molecule has 0 amide bonds. The predicted molar refractivity (Wildman–Crippen MR) is 45.4 cm³/mol. The highest BCUT2D eigenvalue weighted by Crippen LogP contribution is 2.33. The Morgan fingerprint density at radius 2 is 2.00 bits per heavy atom. The van der Waals surface area contributed by atoms with Gasteiger partial charge in [0.2, 0.25) is 0 Å². The zero-order chi connectivity index (χ0) is 8.43. The molecule has 60 valence electrons. The summed E-state index contributed by atoms with van der Waals surface area (Å²) >= 11 is 3.07. The van der Waals surface area contributed by atoms with Crippen LogP contribution in [0, 0.1) is 0 Å². The van der Waals surface area contributed by atoms with Gasteiger partial charge in [-0.25, -0.2) is 0 Å². The van der Waals surface area contributed by atoms with Gasteiger partial charge in [0.1, 0.15) is 0 Å². The highest BCUT2D eigenvalue weighted by atomic mass is 79.9. The van der Waals surface area contributed by atoms with Crippen LogP contribution >= 0.6 is 15.9 Å². The highest BCUT2D eigenvalue weighted by Gasteiger charge is 2.04. The molecule has 1 aromatic carbocycles. The average molecular weight is 218 g/mol. The minimum atomic E-state index is -0.153. The minimum Gasteiger partial charge on any atom is -0.504 e. The molecule has 1 aromatic rings. The molecular weight excluding hydrogens is 210 g/mol. The molecule has 4 heteroatoms. The molecule has 11 heavy (non-hydrogen) atoms. The Hall–Kier alpha value is -0.740. The van der Waals surface area contributed by atoms with E-state index in [0.717, 1.165) is 5.56 Å². The molecule has 4 N–H and O–H groups in total. The fourth-order valence-corrected chi connectivity index (χ4v) is 1.25. The van der Waals surface area contributed by atoms with Gasteiger partial charge < -0.3 is 15.9 Å². The molecule has 0 saturated heterocycles. The average Bonchev–Trinajstić information content (AvgIpc) is 1.99. The summed E-state index contributed by atoms with van der Waals surface area (Å²) in [6.07, 6.45) is 0. The molecule has 0 aromatic heterocycles. The van der Waals surface area contributed by atoms with Crippen molar-refractivity contribution in [3.8, 4) is 11.5 Å². The van der Waals surface area contributed by atoms with E-state index in [2.05, 4.69) is 15.9 Å². The molecule has 0 unspecified atom stereocenters. The van der Waals surface area contributed by atoms with Crippen LogP contribution in [0.25, 0.3) is 0 Å². The molecule has 0 atom stereocenters. The van der Waals surface area contributed by atoms with Crippen LogP contribution in [0.3, 0.4) is 0 Å². The third kappa shape index (κ3) is 1.64. The number of nitrogens with two attached hydrogens (primary N) is 1. The lowest BCUT2D eigenvalue weighted by Crippen LogP contribution is -1.95. The molecule has 0 saturated carbocycles. The normalized spacial score (nSPS) is 10.0. The van der Waals surface area contributed by atoms with E-state index in [1.54, 1.807) is 6.07 Å². The molecule has 0 aliphatic carbocycles. The predicted octanol–water partition coefficient (Wildman–Crippen LogP) is 1.32. The summed E-state index contributed by atoms with van der Waals surface area (Å²) in [5, 5.41) is 18.2. The Balaban J connectivity index is 3.21. The van der Waals surface area contributed by atoms with Crippen LogP contribution in [0.4, 0.5) is 0 Å². The van der Waals surface area contributed by atoms with Crippen molar-refractivity contribution in [1.29, 1.82) is 0 Å². The lowest BCUT2D eigenvalue weighted by atomic mass is 10.2. The van der Waals surface area contributed by atoms with E-state index < -0.39 is 0 Å². The lowest BCUT2D eigenvalue weighted by Gasteiger charge is -2.02. The first kappa shape index (κ1) is 8.36. The Morgan fingerprint density at radius 3 is 2.45 bits per heavy atom. The van der Waals surface area contributed by atoms with E-state index in [1.165, 1.54) is 6.07 Å². The summed E-state index contributed by atoms with van der Waals surface area (Å²) < 4.78 is 0.456. The number of hydrogen-bond acceptors (Lipinski definition) is 3. The number of aromatic hydroxyl groups is 2. The summed E-state index contributed by atoms with van der Waals surface area (Å²) in [5.41, 5.74) is 6.09. The van der Waals surface area contributed by atoms with Crippen LogP contribution in [0.2, 0.25) is 0 Å². The van der Waals surface area contributed by atoms with Crippen LogP contribution in [0.15, 0.2) is 16.6 Å². The maximum atomic E-state index is 9.09. The van der Waals surface area contributed by atoms with Gasteiger partial charge in [0.05, 0.1) is 4.47 Å². The summed E-state index contributed by atoms with van der Waals surface area (Å²) in [4.78, 5) is 0. The first-order valence-corrected chi connectivity index (χ1v) is 3.85. The van der Waals surface area contributed by atoms with E-state index >= 15 is 0 Å². The Kier molecular flexibility index (Phi) is 2.36. The van der Waals surface area contributed by atoms with Crippen molar-refractivity contribution in [1.82, 2.24) is 0 Å². The Bertz CT molecular complexity index is 252. The van der Waals surface area contributed by atoms with Crippen molar-refractivity contribution in [3.05, 3.63) is 22.2 Å². The van der Waals surface area contributed by atoms with Crippen molar-refractivity contribution in [2.75, 3.05) is 0 Å². The van der Waals surface area contributed by atoms with Gasteiger partial charge in [-0.1, -0.05) is 0 Å². The smallest absolute Gasteiger partial charge is 0.171 e. The van der Waals surface area contributed by atoms with E-state index in [9.17, 15) is 0 Å². The maximum Gasteiger partial charge on any atom is 0.171 e. The van der Waals surface area contributed by atoms with Gasteiger partial charge in [-0.15, -0.1) is 0 Å². The zero-order valence-electron chi connectivity index (χ0n) is 5.71. The summed E-state index contributed by atoms with van der Waals surface area (Å²) in [7, 11) is 0. The van der Waals surface area contributed by atoms with E-state index in [1.807, 2.05) is 0 Å². The highest BCUT2D eigenvalue weighted by molar-refractivity contribution is 9.10. The number of phenols is 2. The van der Waals surface area contributed by atoms with Crippen molar-refractivity contribution in [2.24, 2.45) is 5.73 Å². The fourth-order valence-electron chi connectivity index (χ4n) is 0.757. The van der Waals surface area contributed by atoms with Gasteiger partial charge in [-0.2, -0.15) is 0 Å². The second-order valence-corrected chi connectivity index (χ2v) is 3.00. The second kappa shape index (κ2) is 3.11. The molecular formula is C7H8BrNO2. The van der Waals surface area contributed by atoms with Crippen molar-refractivity contribution in [3.63, 3.8) is 0 Å². The third-order valence-electron chi connectivity index (χ3n) is 1.34. The Morgan fingerprint density at radius 1 is 1.36 bits per heavy atom. The SMILES string of the molecule is NCc1cc(O)c(O)c(Br)c1. The van der Waals surface area contributed by atoms with Crippen LogP contribution in [-0.4, -0.2) is 10.2 Å². The molecule has 0 aliphatic rings. The van der Waals surface area contributed by atoms with Gasteiger partial charge in [0, 0.05) is 6.54 Å². The van der Waals surface area contributed by atoms with Crippen molar-refractivity contribution >= 4 is 15.9 Å². The van der Waals surface area contributed by atoms with Gasteiger partial charge >= 0.3 is 0 Å². The molecule has 0 heterocycles. The molecule has 0 aliphatic heterocycles. The number of rotatable bonds is 1. The first-order valence-electron chi connectivity index (χ1n) is 3.05. The van der Waals surface area contributed by atoms with E-state index in [-0.39, 0.29) is 11.5 Å². The molecule has 0 bridgehead atoms. The monoisotopic (exact) mass is 217 g/mol. The zero-order valence-corrected chi connectivity index (χ0v) is 7.30. The van der Waals surface area contributed by atoms with Crippen molar-refractivity contribution < 1.29 is 10.2 Å². The largest absolute Gasteiger partial charge is 0.504 e. The fraction of sp³-hybridized carbons (Fsp3) is 0.143. The van der Waals surface area contributed by atoms with E-state index in [0.29, 0.717) is 11.0 Å². The molecule has 0 fully saturated rings. The standard InChI is InChI=1S/C7H8BrNO2/c8-5-1-4(3-9)2-6(10)7(5)11/h1-2,10-11H,3,9H2. The number of halogens is 1. The van der Waals surface area contributed by atoms with Gasteiger partial charge in [-0.3, -0.25) is 0 Å². The van der Waals surface area contributed by atoms with E-state index in [4.69, 9.17) is 15.9 Å². The van der Waals surface area contributed by atoms with Gasteiger partial charge in [-0.05, 0) is 33.6 Å². The Labute approximate surface area is 72.6 Å². The van der Waals surface area contributed by atoms with Gasteiger partial charge in [0.15, 0.2) is 11.5 Å². The maximum absolute atomic E-state index is 9.09. The van der Waals surface area contributed by atoms with Gasteiger partial charge in [0.25, 0.3) is 0 Å². The molecule has 0 spiro atoms. The van der Waals surface area contributed by atoms with Crippen LogP contribution in [0.5, 0.6) is 11.5 Å². The molecule has 1 rings (SSSR count). The molecule has 0 radical (unpaired) electrons. The van der Waals surface area contributed by atoms with Crippen molar-refractivity contribution in [2.45, 2.75) is 6.54 Å². The first-order chi connectivity index (χ1) is 5.15. The topological polar surface area (TPSA) is 66.5 Å². The van der Waals surface area contributed by atoms with Crippen LogP contribution < -0.4 is 5.73 Å². The quantitative estimate of drug-likeness (QED) is 0.622. The second-order valence-electron chi connectivity index (χ2n) is 2.15. The minimum absolute atomic E-state index is 0.151. The number of phenolic OH excluding ortho intramolecular Hbond substituents is 2. The summed E-state index contributed by atoms with van der Waals surface area (Å²) in [6.45, 7) is 0.340. The third-order valence-corrected chi connectivity index (χ3v) is 1.94.